The van der Waals surface area contributed by atoms with Crippen LogP contribution in [-0.2, 0) is 0 Å². The number of aliphatic hydroxyl groups excluding tert-OH is 1. The van der Waals surface area contributed by atoms with Crippen LogP contribution in [-0.4, -0.2) is 28.3 Å². The fraction of sp³-hybridized carbons (Fsp3) is 0.571. The fourth-order valence-corrected chi connectivity index (χ4v) is 2.38. The molecule has 0 aromatic carbocycles. The highest BCUT2D eigenvalue weighted by Gasteiger charge is 2.21. The second-order valence-electron chi connectivity index (χ2n) is 5.13. The predicted octanol–water partition coefficient (Wildman–Crippen LogP) is 1.75. The topological polar surface area (TPSA) is 74.2 Å². The normalized spacial score (nSPS) is 24.5. The van der Waals surface area contributed by atoms with Gasteiger partial charge in [0.1, 0.15) is 0 Å². The van der Waals surface area contributed by atoms with E-state index in [9.17, 15) is 9.90 Å². The molecular weight excluding hydrogens is 242 g/mol. The van der Waals surface area contributed by atoms with E-state index in [1.165, 1.54) is 0 Å². The molecule has 5 nitrogen and oxygen atoms in total. The largest absolute Gasteiger partial charge is 0.393 e. The van der Waals surface area contributed by atoms with E-state index in [1.807, 2.05) is 19.1 Å². The van der Waals surface area contributed by atoms with Crippen LogP contribution in [0.5, 0.6) is 0 Å². The van der Waals surface area contributed by atoms with E-state index in [2.05, 4.69) is 15.6 Å². The molecule has 1 fully saturated rings. The summed E-state index contributed by atoms with van der Waals surface area (Å²) in [5, 5.41) is 15.3. The third kappa shape index (κ3) is 4.21. The maximum absolute atomic E-state index is 11.9. The second kappa shape index (κ2) is 6.52. The number of amides is 2. The van der Waals surface area contributed by atoms with Crippen molar-refractivity contribution in [1.82, 2.24) is 15.6 Å². The number of urea groups is 1. The molecule has 19 heavy (non-hydrogen) atoms. The molecule has 2 rings (SSSR count). The molecule has 0 radical (unpaired) electrons. The molecule has 3 N–H and O–H groups in total. The molecule has 5 heteroatoms. The molecule has 1 saturated carbocycles. The van der Waals surface area contributed by atoms with Gasteiger partial charge < -0.3 is 15.7 Å². The Balaban J connectivity index is 1.78. The number of aliphatic hydroxyl groups is 1. The van der Waals surface area contributed by atoms with Crippen molar-refractivity contribution in [3.63, 3.8) is 0 Å². The molecule has 1 aliphatic rings. The van der Waals surface area contributed by atoms with E-state index >= 15 is 0 Å². The predicted molar refractivity (Wildman–Crippen MR) is 72.6 cm³/mol. The van der Waals surface area contributed by atoms with E-state index in [-0.39, 0.29) is 24.2 Å². The maximum Gasteiger partial charge on any atom is 0.315 e. The van der Waals surface area contributed by atoms with Gasteiger partial charge in [0, 0.05) is 18.4 Å². The van der Waals surface area contributed by atoms with Crippen molar-refractivity contribution >= 4 is 6.03 Å². The Kier molecular flexibility index (Phi) is 4.74. The zero-order valence-electron chi connectivity index (χ0n) is 11.2. The number of hydrogen-bond donors (Lipinski definition) is 3. The van der Waals surface area contributed by atoms with Gasteiger partial charge in [-0.05, 0) is 50.3 Å². The third-order valence-corrected chi connectivity index (χ3v) is 3.59. The summed E-state index contributed by atoms with van der Waals surface area (Å²) in [5.41, 5.74) is 1.03. The van der Waals surface area contributed by atoms with E-state index in [0.29, 0.717) is 0 Å². The Morgan fingerprint density at radius 2 is 1.95 bits per heavy atom. The molecule has 0 bridgehead atoms. The smallest absolute Gasteiger partial charge is 0.315 e. The number of pyridine rings is 1. The van der Waals surface area contributed by atoms with Crippen LogP contribution < -0.4 is 10.6 Å². The first-order valence-electron chi connectivity index (χ1n) is 6.80. The van der Waals surface area contributed by atoms with Gasteiger partial charge in [-0.15, -0.1) is 0 Å². The molecule has 1 aromatic heterocycles. The lowest BCUT2D eigenvalue weighted by atomic mass is 9.93. The van der Waals surface area contributed by atoms with Crippen molar-refractivity contribution in [1.29, 1.82) is 0 Å². The van der Waals surface area contributed by atoms with Crippen molar-refractivity contribution in [3.8, 4) is 0 Å². The van der Waals surface area contributed by atoms with Crippen LogP contribution >= 0.6 is 0 Å². The van der Waals surface area contributed by atoms with Crippen LogP contribution in [0.2, 0.25) is 0 Å². The van der Waals surface area contributed by atoms with Crippen LogP contribution in [0.4, 0.5) is 4.79 Å². The summed E-state index contributed by atoms with van der Waals surface area (Å²) < 4.78 is 0. The van der Waals surface area contributed by atoms with Gasteiger partial charge in [0.25, 0.3) is 0 Å². The Labute approximate surface area is 113 Å². The number of carbonyl (C=O) groups excluding carboxylic acids is 1. The van der Waals surface area contributed by atoms with Crippen LogP contribution in [0.3, 0.4) is 0 Å². The third-order valence-electron chi connectivity index (χ3n) is 3.59. The number of aromatic nitrogens is 1. The summed E-state index contributed by atoms with van der Waals surface area (Å²) in [4.78, 5) is 15.8. The number of nitrogens with zero attached hydrogens (tertiary/aromatic N) is 1. The number of nitrogens with one attached hydrogen (secondary N) is 2. The Hall–Kier alpha value is -1.62. The minimum absolute atomic E-state index is 0.0443. The summed E-state index contributed by atoms with van der Waals surface area (Å²) in [6.07, 6.45) is 6.46. The van der Waals surface area contributed by atoms with Crippen molar-refractivity contribution in [2.75, 3.05) is 0 Å². The van der Waals surface area contributed by atoms with Crippen LogP contribution in [0, 0.1) is 0 Å². The molecule has 2 amide bonds. The molecule has 0 aliphatic heterocycles. The molecule has 0 saturated heterocycles. The minimum atomic E-state index is -0.197. The van der Waals surface area contributed by atoms with Crippen molar-refractivity contribution in [2.24, 2.45) is 0 Å². The van der Waals surface area contributed by atoms with Gasteiger partial charge in [0.05, 0.1) is 12.1 Å². The lowest BCUT2D eigenvalue weighted by Crippen LogP contribution is -2.44. The average Bonchev–Trinajstić information content (AvgIpc) is 2.42. The molecule has 1 atom stereocenters. The standard InChI is InChI=1S/C14H21N3O2/c1-10(11-6-8-15-9-7-11)16-14(19)17-12-2-4-13(18)5-3-12/h6-10,12-13,18H,2-5H2,1H3,(H2,16,17,19). The van der Waals surface area contributed by atoms with Gasteiger partial charge in [-0.25, -0.2) is 4.79 Å². The second-order valence-corrected chi connectivity index (χ2v) is 5.13. The summed E-state index contributed by atoms with van der Waals surface area (Å²) in [7, 11) is 0. The van der Waals surface area contributed by atoms with E-state index in [1.54, 1.807) is 12.4 Å². The first kappa shape index (κ1) is 13.8. The van der Waals surface area contributed by atoms with E-state index < -0.39 is 0 Å². The van der Waals surface area contributed by atoms with Crippen LogP contribution in [0.15, 0.2) is 24.5 Å². The molecular formula is C14H21N3O2. The SMILES string of the molecule is CC(NC(=O)NC1CCC(O)CC1)c1ccncc1. The summed E-state index contributed by atoms with van der Waals surface area (Å²) in [5.74, 6) is 0. The van der Waals surface area contributed by atoms with Gasteiger partial charge in [-0.3, -0.25) is 4.98 Å². The van der Waals surface area contributed by atoms with Crippen molar-refractivity contribution < 1.29 is 9.90 Å². The first-order chi connectivity index (χ1) is 9.15. The van der Waals surface area contributed by atoms with Crippen molar-refractivity contribution in [3.05, 3.63) is 30.1 Å². The Bertz CT molecular complexity index is 402. The molecule has 1 aliphatic carbocycles. The minimum Gasteiger partial charge on any atom is -0.393 e. The zero-order valence-corrected chi connectivity index (χ0v) is 11.2. The Morgan fingerprint density at radius 3 is 2.58 bits per heavy atom. The molecule has 1 heterocycles. The fourth-order valence-electron chi connectivity index (χ4n) is 2.38. The van der Waals surface area contributed by atoms with Gasteiger partial charge in [-0.1, -0.05) is 0 Å². The highest BCUT2D eigenvalue weighted by Crippen LogP contribution is 2.18. The summed E-state index contributed by atoms with van der Waals surface area (Å²) >= 11 is 0. The van der Waals surface area contributed by atoms with Crippen LogP contribution in [0.1, 0.15) is 44.2 Å². The van der Waals surface area contributed by atoms with Crippen molar-refractivity contribution in [2.45, 2.75) is 50.8 Å². The average molecular weight is 263 g/mol. The van der Waals surface area contributed by atoms with Crippen LogP contribution in [0.25, 0.3) is 0 Å². The number of hydrogen-bond acceptors (Lipinski definition) is 3. The highest BCUT2D eigenvalue weighted by atomic mass is 16.3. The Morgan fingerprint density at radius 1 is 1.32 bits per heavy atom. The molecule has 0 spiro atoms. The number of carbonyl (C=O) groups is 1. The lowest BCUT2D eigenvalue weighted by molar-refractivity contribution is 0.117. The lowest BCUT2D eigenvalue weighted by Gasteiger charge is -2.27. The first-order valence-corrected chi connectivity index (χ1v) is 6.80. The van der Waals surface area contributed by atoms with Gasteiger partial charge >= 0.3 is 6.03 Å². The molecule has 1 aromatic rings. The molecule has 1 unspecified atom stereocenters. The monoisotopic (exact) mass is 263 g/mol. The van der Waals surface area contributed by atoms with Gasteiger partial charge in [0.2, 0.25) is 0 Å². The number of rotatable bonds is 3. The van der Waals surface area contributed by atoms with E-state index in [4.69, 9.17) is 0 Å². The van der Waals surface area contributed by atoms with Gasteiger partial charge in [-0.2, -0.15) is 0 Å². The highest BCUT2D eigenvalue weighted by molar-refractivity contribution is 5.74. The zero-order chi connectivity index (χ0) is 13.7. The summed E-state index contributed by atoms with van der Waals surface area (Å²) in [6.45, 7) is 1.94. The maximum atomic E-state index is 11.9. The van der Waals surface area contributed by atoms with E-state index in [0.717, 1.165) is 31.2 Å². The van der Waals surface area contributed by atoms with Gasteiger partial charge in [0.15, 0.2) is 0 Å². The summed E-state index contributed by atoms with van der Waals surface area (Å²) in [6, 6.07) is 3.76. The quantitative estimate of drug-likeness (QED) is 0.777. The molecule has 104 valence electrons.